The number of halogens is 1. The monoisotopic (exact) mass is 442 g/mol. The van der Waals surface area contributed by atoms with Crippen LogP contribution in [0.25, 0.3) is 22.0 Å². The number of hydrogen-bond acceptors (Lipinski definition) is 4. The molecule has 4 aromatic rings. The highest BCUT2D eigenvalue weighted by Gasteiger charge is 2.29. The minimum Gasteiger partial charge on any atom is -0.351 e. The first-order valence-electron chi connectivity index (χ1n) is 10.7. The number of amides is 1. The lowest BCUT2D eigenvalue weighted by Gasteiger charge is -2.40. The molecule has 160 valence electrons. The van der Waals surface area contributed by atoms with Crippen molar-refractivity contribution >= 4 is 34.1 Å². The van der Waals surface area contributed by atoms with Crippen molar-refractivity contribution in [2.45, 2.75) is 13.0 Å². The number of nitrogens with zero attached hydrogens (tertiary/aromatic N) is 4. The van der Waals surface area contributed by atoms with Gasteiger partial charge in [-0.1, -0.05) is 66.2 Å². The summed E-state index contributed by atoms with van der Waals surface area (Å²) in [5.74, 6) is 0.934. The molecule has 2 heterocycles. The van der Waals surface area contributed by atoms with Crippen LogP contribution in [-0.4, -0.2) is 46.7 Å². The number of piperazine rings is 1. The summed E-state index contributed by atoms with van der Waals surface area (Å²) in [6, 6.07) is 25.4. The molecule has 1 saturated heterocycles. The molecule has 0 unspecified atom stereocenters. The zero-order chi connectivity index (χ0) is 22.1. The highest BCUT2D eigenvalue weighted by atomic mass is 35.5. The number of fused-ring (bicyclic) bond motifs is 1. The lowest BCUT2D eigenvalue weighted by molar-refractivity contribution is 0.0674. The Morgan fingerprint density at radius 3 is 2.28 bits per heavy atom. The van der Waals surface area contributed by atoms with E-state index in [9.17, 15) is 4.79 Å². The minimum absolute atomic E-state index is 0.0629. The summed E-state index contributed by atoms with van der Waals surface area (Å²) in [5, 5.41) is 12.0. The van der Waals surface area contributed by atoms with Gasteiger partial charge in [0.25, 0.3) is 5.91 Å². The fourth-order valence-corrected chi connectivity index (χ4v) is 4.47. The van der Waals surface area contributed by atoms with Crippen LogP contribution in [0.2, 0.25) is 5.02 Å². The van der Waals surface area contributed by atoms with Crippen molar-refractivity contribution in [3.05, 3.63) is 89.4 Å². The zero-order valence-corrected chi connectivity index (χ0v) is 18.5. The number of carbonyl (C=O) groups excluding carboxylic acids is 1. The molecule has 1 aromatic heterocycles. The van der Waals surface area contributed by atoms with Gasteiger partial charge in [-0.05, 0) is 31.2 Å². The molecular weight excluding hydrogens is 420 g/mol. The van der Waals surface area contributed by atoms with Gasteiger partial charge < -0.3 is 9.80 Å². The third-order valence-electron chi connectivity index (χ3n) is 5.99. The van der Waals surface area contributed by atoms with E-state index in [0.717, 1.165) is 33.4 Å². The van der Waals surface area contributed by atoms with Crippen molar-refractivity contribution in [2.24, 2.45) is 0 Å². The van der Waals surface area contributed by atoms with Gasteiger partial charge in [0, 0.05) is 52.6 Å². The van der Waals surface area contributed by atoms with Gasteiger partial charge in [-0.3, -0.25) is 4.79 Å². The van der Waals surface area contributed by atoms with Gasteiger partial charge in [0.15, 0.2) is 5.82 Å². The van der Waals surface area contributed by atoms with Gasteiger partial charge >= 0.3 is 0 Å². The smallest absolute Gasteiger partial charge is 0.254 e. The average molecular weight is 443 g/mol. The van der Waals surface area contributed by atoms with E-state index in [1.165, 1.54) is 0 Å². The summed E-state index contributed by atoms with van der Waals surface area (Å²) in [6.45, 7) is 4.15. The molecule has 3 aromatic carbocycles. The van der Waals surface area contributed by atoms with Crippen molar-refractivity contribution in [1.82, 2.24) is 15.1 Å². The summed E-state index contributed by atoms with van der Waals surface area (Å²) in [6.07, 6.45) is 0. The van der Waals surface area contributed by atoms with Gasteiger partial charge in [-0.2, -0.15) is 0 Å². The summed E-state index contributed by atoms with van der Waals surface area (Å²) in [4.78, 5) is 17.1. The fourth-order valence-electron chi connectivity index (χ4n) is 4.34. The number of hydrogen-bond donors (Lipinski definition) is 0. The second-order valence-corrected chi connectivity index (χ2v) is 8.52. The van der Waals surface area contributed by atoms with Crippen molar-refractivity contribution in [3.63, 3.8) is 0 Å². The van der Waals surface area contributed by atoms with E-state index in [0.29, 0.717) is 24.7 Å². The van der Waals surface area contributed by atoms with Crippen molar-refractivity contribution in [3.8, 4) is 11.3 Å². The Hall–Kier alpha value is -3.44. The maximum absolute atomic E-state index is 13.0. The van der Waals surface area contributed by atoms with Crippen LogP contribution in [0, 0.1) is 0 Å². The molecular formula is C26H23ClN4O. The number of aromatic nitrogens is 2. The van der Waals surface area contributed by atoms with Gasteiger partial charge in [-0.15, -0.1) is 10.2 Å². The Morgan fingerprint density at radius 1 is 0.875 bits per heavy atom. The SMILES string of the molecule is C[C@H]1CN(c2nnc(-c3ccc(Cl)cc3)c3ccccc23)CCN1C(=O)c1ccccc1. The van der Waals surface area contributed by atoms with E-state index in [1.807, 2.05) is 71.6 Å². The molecule has 0 spiro atoms. The second kappa shape index (κ2) is 8.60. The standard InChI is InChI=1S/C26H23ClN4O/c1-18-17-30(15-16-31(18)26(32)20-7-3-2-4-8-20)25-23-10-6-5-9-22(23)24(28-29-25)19-11-13-21(27)14-12-19/h2-14,18H,15-17H2,1H3/t18-/m0/s1. The minimum atomic E-state index is 0.0629. The molecule has 1 atom stereocenters. The van der Waals surface area contributed by atoms with Gasteiger partial charge in [0.1, 0.15) is 5.69 Å². The van der Waals surface area contributed by atoms with E-state index in [-0.39, 0.29) is 11.9 Å². The van der Waals surface area contributed by atoms with E-state index >= 15 is 0 Å². The normalized spacial score (nSPS) is 16.4. The maximum atomic E-state index is 13.0. The summed E-state index contributed by atoms with van der Waals surface area (Å²) >= 11 is 6.06. The van der Waals surface area contributed by atoms with Crippen molar-refractivity contribution in [2.75, 3.05) is 24.5 Å². The Morgan fingerprint density at radius 2 is 1.56 bits per heavy atom. The van der Waals surface area contributed by atoms with Crippen molar-refractivity contribution < 1.29 is 4.79 Å². The quantitative estimate of drug-likeness (QED) is 0.432. The molecule has 0 saturated carbocycles. The Kier molecular flexibility index (Phi) is 5.50. The molecule has 0 radical (unpaired) electrons. The highest BCUT2D eigenvalue weighted by Crippen LogP contribution is 2.32. The zero-order valence-electron chi connectivity index (χ0n) is 17.8. The molecule has 1 fully saturated rings. The topological polar surface area (TPSA) is 49.3 Å². The first-order chi connectivity index (χ1) is 15.6. The summed E-state index contributed by atoms with van der Waals surface area (Å²) in [7, 11) is 0. The molecule has 5 nitrogen and oxygen atoms in total. The first-order valence-corrected chi connectivity index (χ1v) is 11.1. The maximum Gasteiger partial charge on any atom is 0.254 e. The van der Waals surface area contributed by atoms with Crippen LogP contribution in [0.4, 0.5) is 5.82 Å². The van der Waals surface area contributed by atoms with Gasteiger partial charge in [0.05, 0.1) is 0 Å². The van der Waals surface area contributed by atoms with E-state index in [2.05, 4.69) is 34.2 Å². The van der Waals surface area contributed by atoms with Crippen molar-refractivity contribution in [1.29, 1.82) is 0 Å². The molecule has 1 aliphatic heterocycles. The van der Waals surface area contributed by atoms with E-state index in [1.54, 1.807) is 0 Å². The van der Waals surface area contributed by atoms with Crippen LogP contribution in [0.15, 0.2) is 78.9 Å². The number of rotatable bonds is 3. The summed E-state index contributed by atoms with van der Waals surface area (Å²) in [5.41, 5.74) is 2.55. The Bertz CT molecular complexity index is 1260. The summed E-state index contributed by atoms with van der Waals surface area (Å²) < 4.78 is 0. The fraction of sp³-hybridized carbons (Fsp3) is 0.192. The second-order valence-electron chi connectivity index (χ2n) is 8.08. The average Bonchev–Trinajstić information content (AvgIpc) is 2.84. The molecule has 0 aliphatic carbocycles. The lowest BCUT2D eigenvalue weighted by Crippen LogP contribution is -2.54. The Balaban J connectivity index is 1.44. The molecule has 5 rings (SSSR count). The predicted octanol–water partition coefficient (Wildman–Crippen LogP) is 5.30. The molecule has 32 heavy (non-hydrogen) atoms. The molecule has 0 bridgehead atoms. The first kappa shape index (κ1) is 20.5. The molecule has 1 aliphatic rings. The largest absolute Gasteiger partial charge is 0.351 e. The van der Waals surface area contributed by atoms with Crippen LogP contribution in [-0.2, 0) is 0 Å². The van der Waals surface area contributed by atoms with E-state index in [4.69, 9.17) is 11.6 Å². The van der Waals surface area contributed by atoms with Crippen LogP contribution >= 0.6 is 11.6 Å². The number of benzene rings is 3. The van der Waals surface area contributed by atoms with Crippen LogP contribution in [0.5, 0.6) is 0 Å². The molecule has 0 N–H and O–H groups in total. The third kappa shape index (κ3) is 3.80. The van der Waals surface area contributed by atoms with E-state index < -0.39 is 0 Å². The lowest BCUT2D eigenvalue weighted by atomic mass is 10.0. The highest BCUT2D eigenvalue weighted by molar-refractivity contribution is 6.30. The molecule has 6 heteroatoms. The third-order valence-corrected chi connectivity index (χ3v) is 6.25. The van der Waals surface area contributed by atoms with Crippen LogP contribution < -0.4 is 4.90 Å². The predicted molar refractivity (Wildman–Crippen MR) is 129 cm³/mol. The van der Waals surface area contributed by atoms with Gasteiger partial charge in [0.2, 0.25) is 0 Å². The Labute approximate surface area is 192 Å². The van der Waals surface area contributed by atoms with Crippen LogP contribution in [0.1, 0.15) is 17.3 Å². The molecule has 1 amide bonds. The number of anilines is 1. The van der Waals surface area contributed by atoms with Gasteiger partial charge in [-0.25, -0.2) is 0 Å². The number of carbonyl (C=O) groups is 1. The van der Waals surface area contributed by atoms with Crippen LogP contribution in [0.3, 0.4) is 0 Å².